The van der Waals surface area contributed by atoms with Gasteiger partial charge in [-0.1, -0.05) is 18.2 Å². The van der Waals surface area contributed by atoms with Crippen LogP contribution >= 0.6 is 0 Å². The first-order valence-corrected chi connectivity index (χ1v) is 8.86. The molecule has 0 radical (unpaired) electrons. The van der Waals surface area contributed by atoms with E-state index < -0.39 is 5.82 Å². The minimum Gasteiger partial charge on any atom is -0.483 e. The van der Waals surface area contributed by atoms with Crippen LogP contribution in [-0.4, -0.2) is 31.5 Å². The fourth-order valence-corrected chi connectivity index (χ4v) is 2.94. The summed E-state index contributed by atoms with van der Waals surface area (Å²) in [5.74, 6) is 1.62. The minimum atomic E-state index is -0.391. The number of fused-ring (bicyclic) bond motifs is 2. The maximum Gasteiger partial charge on any atom is 0.290 e. The first-order chi connectivity index (χ1) is 14.7. The van der Waals surface area contributed by atoms with Crippen LogP contribution in [0.4, 0.5) is 16.0 Å². The number of imidazole rings is 1. The molecule has 0 saturated carbocycles. The number of aromatic nitrogens is 4. The Morgan fingerprint density at radius 2 is 1.90 bits per heavy atom. The van der Waals surface area contributed by atoms with Crippen LogP contribution in [0.2, 0.25) is 0 Å². The lowest BCUT2D eigenvalue weighted by atomic mass is 10.3. The van der Waals surface area contributed by atoms with Crippen LogP contribution in [0.25, 0.3) is 22.1 Å². The molecule has 4 N–H and O–H groups in total. The minimum absolute atomic E-state index is 0.250. The van der Waals surface area contributed by atoms with Gasteiger partial charge in [0.15, 0.2) is 0 Å². The van der Waals surface area contributed by atoms with Crippen molar-refractivity contribution < 1.29 is 19.0 Å². The number of H-pyrrole nitrogens is 2. The number of halogens is 1. The predicted octanol–water partition coefficient (Wildman–Crippen LogP) is 4.82. The molecule has 9 heteroatoms. The third kappa shape index (κ3) is 4.04. The predicted molar refractivity (Wildman–Crippen MR) is 111 cm³/mol. The number of rotatable bonds is 4. The number of pyridine rings is 1. The summed E-state index contributed by atoms with van der Waals surface area (Å²) in [6.45, 7) is -0.250. The number of nitrogens with one attached hydrogen (secondary N) is 3. The van der Waals surface area contributed by atoms with Gasteiger partial charge in [-0.3, -0.25) is 4.79 Å². The van der Waals surface area contributed by atoms with Gasteiger partial charge in [-0.2, -0.15) is 0 Å². The van der Waals surface area contributed by atoms with Crippen LogP contribution < -0.4 is 10.1 Å². The van der Waals surface area contributed by atoms with Crippen LogP contribution in [0.5, 0.6) is 11.5 Å². The number of carboxylic acid groups (broad SMARTS) is 1. The first-order valence-electron chi connectivity index (χ1n) is 8.86. The van der Waals surface area contributed by atoms with E-state index in [1.54, 1.807) is 6.20 Å². The van der Waals surface area contributed by atoms with Crippen molar-refractivity contribution >= 4 is 40.2 Å². The van der Waals surface area contributed by atoms with Gasteiger partial charge in [0, 0.05) is 17.6 Å². The van der Waals surface area contributed by atoms with Crippen LogP contribution in [-0.2, 0) is 4.79 Å². The van der Waals surface area contributed by atoms with Gasteiger partial charge >= 0.3 is 0 Å². The van der Waals surface area contributed by atoms with Crippen molar-refractivity contribution in [2.75, 3.05) is 5.32 Å². The van der Waals surface area contributed by atoms with Crippen molar-refractivity contribution in [3.63, 3.8) is 0 Å². The van der Waals surface area contributed by atoms with Crippen molar-refractivity contribution in [2.45, 2.75) is 0 Å². The first kappa shape index (κ1) is 18.9. The Morgan fingerprint density at radius 1 is 1.10 bits per heavy atom. The highest BCUT2D eigenvalue weighted by Gasteiger charge is 2.10. The topological polar surface area (TPSA) is 116 Å². The van der Waals surface area contributed by atoms with E-state index in [0.29, 0.717) is 28.4 Å². The second kappa shape index (κ2) is 8.31. The summed E-state index contributed by atoms with van der Waals surface area (Å²) in [6.07, 6.45) is 2.91. The average molecular weight is 405 g/mol. The highest BCUT2D eigenvalue weighted by Crippen LogP contribution is 2.28. The number of hydrogen-bond donors (Lipinski definition) is 4. The summed E-state index contributed by atoms with van der Waals surface area (Å²) in [6, 6.07) is 16.6. The summed E-state index contributed by atoms with van der Waals surface area (Å²) in [4.78, 5) is 23.1. The highest BCUT2D eigenvalue weighted by atomic mass is 19.1. The van der Waals surface area contributed by atoms with E-state index in [1.165, 1.54) is 12.3 Å². The Labute approximate surface area is 169 Å². The SMILES string of the molecule is Fc1cnc2[nH]cc(Nc3nc4cc(Oc5ccccc5)ccc4[nH]3)c2c1.O=CO. The zero-order chi connectivity index (χ0) is 20.9. The molecule has 0 spiro atoms. The summed E-state index contributed by atoms with van der Waals surface area (Å²) in [5, 5.41) is 10.7. The summed E-state index contributed by atoms with van der Waals surface area (Å²) in [5.41, 5.74) is 2.92. The number of ether oxygens (including phenoxy) is 1. The van der Waals surface area contributed by atoms with Crippen LogP contribution in [0.15, 0.2) is 67.0 Å². The number of benzene rings is 2. The third-order valence-corrected chi connectivity index (χ3v) is 4.18. The van der Waals surface area contributed by atoms with Gasteiger partial charge in [0.25, 0.3) is 6.47 Å². The largest absolute Gasteiger partial charge is 0.483 e. The average Bonchev–Trinajstić information content (AvgIpc) is 3.33. The van der Waals surface area contributed by atoms with Gasteiger partial charge in [-0.15, -0.1) is 0 Å². The molecule has 0 aliphatic rings. The maximum atomic E-state index is 13.5. The van der Waals surface area contributed by atoms with Crippen LogP contribution in [0, 0.1) is 5.82 Å². The van der Waals surface area contributed by atoms with E-state index in [9.17, 15) is 4.39 Å². The molecule has 150 valence electrons. The molecule has 0 aliphatic carbocycles. The standard InChI is InChI=1S/C20H14FN5O.CH2O2/c21-12-8-15-18(11-23-19(15)22-10-12)26-20-24-16-7-6-14(9-17(16)25-20)27-13-4-2-1-3-5-13;2-1-3/h1-11H,(H,22,23)(H2,24,25,26);1H,(H,2,3). The highest BCUT2D eigenvalue weighted by molar-refractivity contribution is 5.92. The van der Waals surface area contributed by atoms with Crippen molar-refractivity contribution in [3.8, 4) is 11.5 Å². The van der Waals surface area contributed by atoms with E-state index in [4.69, 9.17) is 14.6 Å². The molecule has 0 bridgehead atoms. The lowest BCUT2D eigenvalue weighted by Crippen LogP contribution is -1.91. The lowest BCUT2D eigenvalue weighted by molar-refractivity contribution is -0.122. The molecule has 2 aromatic carbocycles. The second-order valence-electron chi connectivity index (χ2n) is 6.16. The van der Waals surface area contributed by atoms with Gasteiger partial charge in [-0.05, 0) is 30.3 Å². The van der Waals surface area contributed by atoms with Gasteiger partial charge < -0.3 is 25.1 Å². The number of para-hydroxylation sites is 1. The number of hydrogen-bond acceptors (Lipinski definition) is 5. The molecule has 0 fully saturated rings. The fourth-order valence-electron chi connectivity index (χ4n) is 2.94. The molecule has 8 nitrogen and oxygen atoms in total. The smallest absolute Gasteiger partial charge is 0.290 e. The molecule has 3 heterocycles. The molecular formula is C21H16FN5O3. The molecule has 0 atom stereocenters. The molecule has 0 saturated heterocycles. The van der Waals surface area contributed by atoms with E-state index in [0.717, 1.165) is 16.8 Å². The Bertz CT molecular complexity index is 1300. The zero-order valence-corrected chi connectivity index (χ0v) is 15.5. The van der Waals surface area contributed by atoms with Gasteiger partial charge in [0.05, 0.1) is 22.9 Å². The fraction of sp³-hybridized carbons (Fsp3) is 0. The quantitative estimate of drug-likeness (QED) is 0.319. The number of anilines is 2. The van der Waals surface area contributed by atoms with Crippen LogP contribution in [0.1, 0.15) is 0 Å². The van der Waals surface area contributed by atoms with E-state index in [-0.39, 0.29) is 6.47 Å². The van der Waals surface area contributed by atoms with E-state index in [2.05, 4.69) is 25.3 Å². The van der Waals surface area contributed by atoms with Gasteiger partial charge in [-0.25, -0.2) is 14.4 Å². The molecule has 0 unspecified atom stereocenters. The number of aromatic amines is 2. The zero-order valence-electron chi connectivity index (χ0n) is 15.5. The summed E-state index contributed by atoms with van der Waals surface area (Å²) < 4.78 is 19.3. The van der Waals surface area contributed by atoms with Crippen molar-refractivity contribution in [1.29, 1.82) is 0 Å². The Balaban J connectivity index is 0.000000687. The summed E-state index contributed by atoms with van der Waals surface area (Å²) >= 11 is 0. The van der Waals surface area contributed by atoms with Crippen molar-refractivity contribution in [3.05, 3.63) is 72.8 Å². The third-order valence-electron chi connectivity index (χ3n) is 4.18. The van der Waals surface area contributed by atoms with Crippen LogP contribution in [0.3, 0.4) is 0 Å². The van der Waals surface area contributed by atoms with Gasteiger partial charge in [0.1, 0.15) is 23.0 Å². The Kier molecular flexibility index (Phi) is 5.25. The number of carbonyl (C=O) groups is 1. The second-order valence-corrected chi connectivity index (χ2v) is 6.16. The molecule has 5 rings (SSSR count). The Morgan fingerprint density at radius 3 is 2.70 bits per heavy atom. The van der Waals surface area contributed by atoms with Gasteiger partial charge in [0.2, 0.25) is 5.95 Å². The summed E-state index contributed by atoms with van der Waals surface area (Å²) in [7, 11) is 0. The molecule has 0 amide bonds. The Hall–Kier alpha value is -4.40. The van der Waals surface area contributed by atoms with Crippen molar-refractivity contribution in [1.82, 2.24) is 19.9 Å². The normalized spacial score (nSPS) is 10.4. The molecule has 5 aromatic rings. The number of nitrogens with zero attached hydrogens (tertiary/aromatic N) is 2. The van der Waals surface area contributed by atoms with Crippen molar-refractivity contribution in [2.24, 2.45) is 0 Å². The monoisotopic (exact) mass is 405 g/mol. The van der Waals surface area contributed by atoms with E-state index >= 15 is 0 Å². The van der Waals surface area contributed by atoms with E-state index in [1.807, 2.05) is 48.5 Å². The molecule has 30 heavy (non-hydrogen) atoms. The maximum absolute atomic E-state index is 13.5. The molecular weight excluding hydrogens is 389 g/mol. The molecule has 3 aromatic heterocycles. The lowest BCUT2D eigenvalue weighted by Gasteiger charge is -2.04. The molecule has 0 aliphatic heterocycles.